The first-order valence-corrected chi connectivity index (χ1v) is 6.49. The van der Waals surface area contributed by atoms with Gasteiger partial charge in [-0.2, -0.15) is 0 Å². The van der Waals surface area contributed by atoms with E-state index in [0.717, 1.165) is 12.2 Å². The van der Waals surface area contributed by atoms with E-state index in [1.807, 2.05) is 17.7 Å². The van der Waals surface area contributed by atoms with Gasteiger partial charge in [-0.1, -0.05) is 6.92 Å². The molecule has 1 aliphatic carbocycles. The van der Waals surface area contributed by atoms with Gasteiger partial charge in [-0.15, -0.1) is 0 Å². The van der Waals surface area contributed by atoms with Gasteiger partial charge in [-0.25, -0.2) is 4.98 Å². The smallest absolute Gasteiger partial charge is 0.306 e. The van der Waals surface area contributed by atoms with Crippen LogP contribution in [-0.2, 0) is 17.8 Å². The van der Waals surface area contributed by atoms with Crippen molar-refractivity contribution in [2.24, 2.45) is 5.92 Å². The number of aliphatic hydroxyl groups is 1. The van der Waals surface area contributed by atoms with Crippen LogP contribution in [0.15, 0.2) is 12.4 Å². The average molecular weight is 252 g/mol. The van der Waals surface area contributed by atoms with Gasteiger partial charge >= 0.3 is 5.97 Å². The zero-order valence-electron chi connectivity index (χ0n) is 10.7. The van der Waals surface area contributed by atoms with E-state index in [1.54, 1.807) is 6.20 Å². The van der Waals surface area contributed by atoms with E-state index in [0.29, 0.717) is 32.2 Å². The zero-order chi connectivity index (χ0) is 13.2. The Balaban J connectivity index is 1.99. The molecule has 0 aromatic carbocycles. The Labute approximate surface area is 106 Å². The minimum absolute atomic E-state index is 0.293. The van der Waals surface area contributed by atoms with Crippen LogP contribution >= 0.6 is 0 Å². The van der Waals surface area contributed by atoms with Crippen LogP contribution < -0.4 is 0 Å². The minimum Gasteiger partial charge on any atom is -0.481 e. The molecule has 0 bridgehead atoms. The quantitative estimate of drug-likeness (QED) is 0.850. The lowest BCUT2D eigenvalue weighted by Gasteiger charge is -2.35. The number of nitrogens with zero attached hydrogens (tertiary/aromatic N) is 2. The number of aliphatic carboxylic acids is 1. The number of aryl methyl sites for hydroxylation is 1. The fraction of sp³-hybridized carbons (Fsp3) is 0.692. The molecule has 1 heterocycles. The van der Waals surface area contributed by atoms with Crippen LogP contribution in [0.4, 0.5) is 0 Å². The molecule has 0 amide bonds. The van der Waals surface area contributed by atoms with Crippen molar-refractivity contribution in [1.82, 2.24) is 9.55 Å². The van der Waals surface area contributed by atoms with E-state index < -0.39 is 11.6 Å². The van der Waals surface area contributed by atoms with Crippen molar-refractivity contribution >= 4 is 5.97 Å². The largest absolute Gasteiger partial charge is 0.481 e. The molecule has 2 N–H and O–H groups in total. The van der Waals surface area contributed by atoms with Crippen molar-refractivity contribution in [2.75, 3.05) is 0 Å². The van der Waals surface area contributed by atoms with E-state index >= 15 is 0 Å². The van der Waals surface area contributed by atoms with Crippen LogP contribution in [0.5, 0.6) is 0 Å². The summed E-state index contributed by atoms with van der Waals surface area (Å²) in [6, 6.07) is 0. The summed E-state index contributed by atoms with van der Waals surface area (Å²) in [5, 5.41) is 19.5. The minimum atomic E-state index is -0.781. The highest BCUT2D eigenvalue weighted by Crippen LogP contribution is 2.33. The Hall–Kier alpha value is -1.36. The summed E-state index contributed by atoms with van der Waals surface area (Å²) in [6.45, 7) is 2.55. The molecule has 2 rings (SSSR count). The van der Waals surface area contributed by atoms with E-state index in [-0.39, 0.29) is 5.92 Å². The summed E-state index contributed by atoms with van der Waals surface area (Å²) in [5.74, 6) is -0.0728. The topological polar surface area (TPSA) is 75.3 Å². The molecule has 1 fully saturated rings. The Morgan fingerprint density at radius 3 is 2.78 bits per heavy atom. The van der Waals surface area contributed by atoms with E-state index in [2.05, 4.69) is 4.98 Å². The lowest BCUT2D eigenvalue weighted by Crippen LogP contribution is -2.40. The molecule has 0 spiro atoms. The Morgan fingerprint density at radius 1 is 1.56 bits per heavy atom. The molecule has 1 aromatic rings. The summed E-state index contributed by atoms with van der Waals surface area (Å²) in [6.07, 6.45) is 6.66. The molecule has 1 aliphatic rings. The summed E-state index contributed by atoms with van der Waals surface area (Å²) in [4.78, 5) is 15.1. The molecule has 1 aromatic heterocycles. The van der Waals surface area contributed by atoms with Gasteiger partial charge in [0, 0.05) is 18.8 Å². The van der Waals surface area contributed by atoms with Crippen LogP contribution in [0.3, 0.4) is 0 Å². The molecule has 100 valence electrons. The van der Waals surface area contributed by atoms with E-state index in [4.69, 9.17) is 5.11 Å². The summed E-state index contributed by atoms with van der Waals surface area (Å²) < 4.78 is 1.97. The van der Waals surface area contributed by atoms with Crippen molar-refractivity contribution in [3.8, 4) is 0 Å². The van der Waals surface area contributed by atoms with Gasteiger partial charge in [0.25, 0.3) is 0 Å². The van der Waals surface area contributed by atoms with Gasteiger partial charge in [0.15, 0.2) is 0 Å². The number of carbonyl (C=O) groups is 1. The monoisotopic (exact) mass is 252 g/mol. The van der Waals surface area contributed by atoms with E-state index in [9.17, 15) is 9.90 Å². The molecule has 5 nitrogen and oxygen atoms in total. The second-order valence-electron chi connectivity index (χ2n) is 5.16. The highest BCUT2D eigenvalue weighted by molar-refractivity contribution is 5.70. The first-order chi connectivity index (χ1) is 8.54. The third-order valence-corrected chi connectivity index (χ3v) is 3.85. The SMILES string of the molecule is CCc1nccn1CC1(O)CCC(C(=O)O)CC1. The third kappa shape index (κ3) is 2.72. The number of carboxylic acids is 1. The van der Waals surface area contributed by atoms with Crippen LogP contribution in [0, 0.1) is 5.92 Å². The fourth-order valence-corrected chi connectivity index (χ4v) is 2.68. The highest BCUT2D eigenvalue weighted by atomic mass is 16.4. The molecule has 0 atom stereocenters. The first kappa shape index (κ1) is 13.1. The molecule has 0 saturated heterocycles. The standard InChI is InChI=1S/C13H20N2O3/c1-2-11-14-7-8-15(11)9-13(18)5-3-10(4-6-13)12(16)17/h7-8,10,18H,2-6,9H2,1H3,(H,16,17). The van der Waals surface area contributed by atoms with Crippen LogP contribution in [-0.4, -0.2) is 31.3 Å². The molecular weight excluding hydrogens is 232 g/mol. The molecule has 5 heteroatoms. The summed E-state index contributed by atoms with van der Waals surface area (Å²) >= 11 is 0. The number of hydrogen-bond acceptors (Lipinski definition) is 3. The number of carboxylic acid groups (broad SMARTS) is 1. The normalized spacial score (nSPS) is 28.2. The van der Waals surface area contributed by atoms with Gasteiger partial charge in [-0.3, -0.25) is 4.79 Å². The van der Waals surface area contributed by atoms with Crippen LogP contribution in [0.2, 0.25) is 0 Å². The predicted octanol–water partition coefficient (Wildman–Crippen LogP) is 1.45. The second-order valence-corrected chi connectivity index (χ2v) is 5.16. The van der Waals surface area contributed by atoms with Crippen LogP contribution in [0.25, 0.3) is 0 Å². The molecule has 0 radical (unpaired) electrons. The van der Waals surface area contributed by atoms with Crippen molar-refractivity contribution < 1.29 is 15.0 Å². The van der Waals surface area contributed by atoms with Gasteiger partial charge < -0.3 is 14.8 Å². The average Bonchev–Trinajstić information content (AvgIpc) is 2.76. The fourth-order valence-electron chi connectivity index (χ4n) is 2.68. The number of aromatic nitrogens is 2. The molecular formula is C13H20N2O3. The van der Waals surface area contributed by atoms with Crippen molar-refractivity contribution in [1.29, 1.82) is 0 Å². The van der Waals surface area contributed by atoms with Gasteiger partial charge in [0.2, 0.25) is 0 Å². The molecule has 1 saturated carbocycles. The maximum atomic E-state index is 10.9. The Kier molecular flexibility index (Phi) is 3.71. The van der Waals surface area contributed by atoms with Crippen molar-refractivity contribution in [2.45, 2.75) is 51.2 Å². The number of imidazole rings is 1. The predicted molar refractivity (Wildman–Crippen MR) is 66.1 cm³/mol. The van der Waals surface area contributed by atoms with Crippen molar-refractivity contribution in [3.05, 3.63) is 18.2 Å². The molecule has 0 aliphatic heterocycles. The number of hydrogen-bond donors (Lipinski definition) is 2. The van der Waals surface area contributed by atoms with Gasteiger partial charge in [0.1, 0.15) is 5.82 Å². The zero-order valence-corrected chi connectivity index (χ0v) is 10.7. The summed E-state index contributed by atoms with van der Waals surface area (Å²) in [5.41, 5.74) is -0.781. The van der Waals surface area contributed by atoms with Gasteiger partial charge in [-0.05, 0) is 25.7 Å². The highest BCUT2D eigenvalue weighted by Gasteiger charge is 2.36. The number of rotatable bonds is 4. The van der Waals surface area contributed by atoms with E-state index in [1.165, 1.54) is 0 Å². The summed E-state index contributed by atoms with van der Waals surface area (Å²) in [7, 11) is 0. The Morgan fingerprint density at radius 2 is 2.22 bits per heavy atom. The van der Waals surface area contributed by atoms with Gasteiger partial charge in [0.05, 0.1) is 18.1 Å². The Bertz CT molecular complexity index is 420. The van der Waals surface area contributed by atoms with Crippen LogP contribution in [0.1, 0.15) is 38.4 Å². The van der Waals surface area contributed by atoms with Crippen molar-refractivity contribution in [3.63, 3.8) is 0 Å². The maximum absolute atomic E-state index is 10.9. The maximum Gasteiger partial charge on any atom is 0.306 e. The second kappa shape index (κ2) is 5.10. The third-order valence-electron chi connectivity index (χ3n) is 3.85. The lowest BCUT2D eigenvalue weighted by molar-refractivity contribution is -0.145. The first-order valence-electron chi connectivity index (χ1n) is 6.49. The molecule has 0 unspecified atom stereocenters. The lowest BCUT2D eigenvalue weighted by atomic mass is 9.79. The molecule has 18 heavy (non-hydrogen) atoms.